The van der Waals surface area contributed by atoms with Crippen molar-refractivity contribution in [3.63, 3.8) is 0 Å². The lowest BCUT2D eigenvalue weighted by molar-refractivity contribution is 0.0470. The third kappa shape index (κ3) is 3.61. The van der Waals surface area contributed by atoms with Gasteiger partial charge in [-0.3, -0.25) is 4.79 Å². The minimum atomic E-state index is -2.58. The Morgan fingerprint density at radius 1 is 1.39 bits per heavy atom. The summed E-state index contributed by atoms with van der Waals surface area (Å²) in [7, 11) is 1.42. The first-order chi connectivity index (χ1) is 8.45. The number of hydrogen-bond acceptors (Lipinski definition) is 4. The van der Waals surface area contributed by atoms with E-state index in [2.05, 4.69) is 10.2 Å². The number of rotatable bonds is 5. The van der Waals surface area contributed by atoms with Gasteiger partial charge in [-0.15, -0.1) is 10.2 Å². The molecule has 1 heterocycles. The minimum Gasteiger partial charge on any atom is -0.480 e. The molecule has 1 aromatic heterocycles. The molecule has 0 spiro atoms. The fourth-order valence-corrected chi connectivity index (χ4v) is 1.37. The van der Waals surface area contributed by atoms with Gasteiger partial charge < -0.3 is 9.64 Å². The van der Waals surface area contributed by atoms with Gasteiger partial charge >= 0.3 is 0 Å². The SMILES string of the molecule is COc1ccc(C(=O)N(CC(F)F)C(C)C)nn1. The van der Waals surface area contributed by atoms with Crippen LogP contribution in [-0.2, 0) is 0 Å². The molecule has 0 radical (unpaired) electrons. The van der Waals surface area contributed by atoms with Crippen LogP contribution in [-0.4, -0.2) is 47.1 Å². The van der Waals surface area contributed by atoms with Crippen molar-refractivity contribution in [1.29, 1.82) is 0 Å². The van der Waals surface area contributed by atoms with E-state index in [1.807, 2.05) is 0 Å². The van der Waals surface area contributed by atoms with Gasteiger partial charge in [0.05, 0.1) is 13.7 Å². The molecule has 1 rings (SSSR count). The highest BCUT2D eigenvalue weighted by molar-refractivity contribution is 5.92. The van der Waals surface area contributed by atoms with Crippen LogP contribution < -0.4 is 4.74 Å². The normalized spacial score (nSPS) is 10.8. The molecule has 100 valence electrons. The molecule has 0 unspecified atom stereocenters. The van der Waals surface area contributed by atoms with Crippen molar-refractivity contribution in [2.75, 3.05) is 13.7 Å². The van der Waals surface area contributed by atoms with Crippen LogP contribution in [0.1, 0.15) is 24.3 Å². The van der Waals surface area contributed by atoms with Gasteiger partial charge in [0.1, 0.15) is 0 Å². The van der Waals surface area contributed by atoms with Crippen molar-refractivity contribution in [2.45, 2.75) is 26.3 Å². The zero-order valence-electron chi connectivity index (χ0n) is 10.4. The molecule has 0 fully saturated rings. The van der Waals surface area contributed by atoms with Crippen LogP contribution in [0.2, 0.25) is 0 Å². The first-order valence-electron chi connectivity index (χ1n) is 5.42. The number of alkyl halides is 2. The molecule has 0 aromatic carbocycles. The Bertz CT molecular complexity index is 396. The predicted octanol–water partition coefficient (Wildman–Crippen LogP) is 1.60. The summed E-state index contributed by atoms with van der Waals surface area (Å²) in [5.41, 5.74) is 0.0187. The Kier molecular flexibility index (Phi) is 4.94. The van der Waals surface area contributed by atoms with E-state index in [-0.39, 0.29) is 17.6 Å². The van der Waals surface area contributed by atoms with E-state index < -0.39 is 18.9 Å². The van der Waals surface area contributed by atoms with E-state index in [1.54, 1.807) is 13.8 Å². The van der Waals surface area contributed by atoms with E-state index in [9.17, 15) is 13.6 Å². The van der Waals surface area contributed by atoms with Crippen molar-refractivity contribution < 1.29 is 18.3 Å². The molecule has 0 saturated heterocycles. The summed E-state index contributed by atoms with van der Waals surface area (Å²) < 4.78 is 29.6. The van der Waals surface area contributed by atoms with Crippen molar-refractivity contribution in [2.24, 2.45) is 0 Å². The van der Waals surface area contributed by atoms with Gasteiger partial charge in [-0.05, 0) is 19.9 Å². The third-order valence-electron chi connectivity index (χ3n) is 2.29. The van der Waals surface area contributed by atoms with Crippen LogP contribution in [0.4, 0.5) is 8.78 Å². The molecule has 0 bridgehead atoms. The van der Waals surface area contributed by atoms with Crippen LogP contribution in [0, 0.1) is 0 Å². The maximum Gasteiger partial charge on any atom is 0.274 e. The third-order valence-corrected chi connectivity index (χ3v) is 2.29. The standard InChI is InChI=1S/C11H15F2N3O2/c1-7(2)16(6-9(12)13)11(17)8-4-5-10(18-3)15-14-8/h4-5,7,9H,6H2,1-3H3. The monoisotopic (exact) mass is 259 g/mol. The van der Waals surface area contributed by atoms with Gasteiger partial charge in [0.25, 0.3) is 12.3 Å². The van der Waals surface area contributed by atoms with Crippen molar-refractivity contribution in [3.05, 3.63) is 17.8 Å². The number of carbonyl (C=O) groups is 1. The molecule has 0 aliphatic carbocycles. The Morgan fingerprint density at radius 3 is 2.44 bits per heavy atom. The number of carbonyl (C=O) groups excluding carboxylic acids is 1. The van der Waals surface area contributed by atoms with Gasteiger partial charge in [0.15, 0.2) is 5.69 Å². The molecule has 5 nitrogen and oxygen atoms in total. The van der Waals surface area contributed by atoms with E-state index in [0.717, 1.165) is 4.90 Å². The van der Waals surface area contributed by atoms with Gasteiger partial charge in [-0.1, -0.05) is 0 Å². The molecule has 0 N–H and O–H groups in total. The number of amides is 1. The average molecular weight is 259 g/mol. The fraction of sp³-hybridized carbons (Fsp3) is 0.545. The van der Waals surface area contributed by atoms with E-state index in [0.29, 0.717) is 0 Å². The Labute approximate surface area is 104 Å². The number of methoxy groups -OCH3 is 1. The van der Waals surface area contributed by atoms with Crippen LogP contribution in [0.5, 0.6) is 5.88 Å². The lowest BCUT2D eigenvalue weighted by Crippen LogP contribution is -2.40. The molecular weight excluding hydrogens is 244 g/mol. The Morgan fingerprint density at radius 2 is 2.06 bits per heavy atom. The second kappa shape index (κ2) is 6.23. The number of aromatic nitrogens is 2. The second-order valence-corrected chi connectivity index (χ2v) is 3.90. The lowest BCUT2D eigenvalue weighted by Gasteiger charge is -2.25. The van der Waals surface area contributed by atoms with E-state index in [4.69, 9.17) is 4.74 Å². The summed E-state index contributed by atoms with van der Waals surface area (Å²) in [6, 6.07) is 2.52. The highest BCUT2D eigenvalue weighted by Gasteiger charge is 2.23. The van der Waals surface area contributed by atoms with Gasteiger partial charge in [0, 0.05) is 12.1 Å². The van der Waals surface area contributed by atoms with E-state index >= 15 is 0 Å². The summed E-state index contributed by atoms with van der Waals surface area (Å²) in [4.78, 5) is 13.0. The highest BCUT2D eigenvalue weighted by atomic mass is 19.3. The number of halogens is 2. The molecular formula is C11H15F2N3O2. The largest absolute Gasteiger partial charge is 0.480 e. The van der Waals surface area contributed by atoms with Crippen LogP contribution in [0.25, 0.3) is 0 Å². The number of hydrogen-bond donors (Lipinski definition) is 0. The molecule has 1 amide bonds. The smallest absolute Gasteiger partial charge is 0.274 e. The van der Waals surface area contributed by atoms with Crippen molar-refractivity contribution in [1.82, 2.24) is 15.1 Å². The fourth-order valence-electron chi connectivity index (χ4n) is 1.37. The summed E-state index contributed by atoms with van der Waals surface area (Å²) in [5, 5.41) is 7.28. The van der Waals surface area contributed by atoms with Crippen LogP contribution in [0.15, 0.2) is 12.1 Å². The van der Waals surface area contributed by atoms with Crippen molar-refractivity contribution >= 4 is 5.91 Å². The van der Waals surface area contributed by atoms with E-state index in [1.165, 1.54) is 19.2 Å². The van der Waals surface area contributed by atoms with Crippen LogP contribution in [0.3, 0.4) is 0 Å². The molecule has 18 heavy (non-hydrogen) atoms. The molecule has 1 aromatic rings. The average Bonchev–Trinajstić information content (AvgIpc) is 2.34. The molecule has 0 aliphatic heterocycles. The molecule has 7 heteroatoms. The van der Waals surface area contributed by atoms with Gasteiger partial charge in [-0.25, -0.2) is 8.78 Å². The zero-order valence-corrected chi connectivity index (χ0v) is 10.4. The predicted molar refractivity (Wildman–Crippen MR) is 60.8 cm³/mol. The second-order valence-electron chi connectivity index (χ2n) is 3.90. The summed E-state index contributed by atoms with van der Waals surface area (Å²) in [6.07, 6.45) is -2.58. The lowest BCUT2D eigenvalue weighted by atomic mass is 10.2. The zero-order chi connectivity index (χ0) is 13.7. The molecule has 0 saturated carbocycles. The maximum absolute atomic E-state index is 12.4. The summed E-state index contributed by atoms with van der Waals surface area (Å²) >= 11 is 0. The Balaban J connectivity index is 2.87. The molecule has 0 aliphatic rings. The first kappa shape index (κ1) is 14.3. The quantitative estimate of drug-likeness (QED) is 0.806. The van der Waals surface area contributed by atoms with Gasteiger partial charge in [-0.2, -0.15) is 0 Å². The highest BCUT2D eigenvalue weighted by Crippen LogP contribution is 2.10. The first-order valence-corrected chi connectivity index (χ1v) is 5.42. The maximum atomic E-state index is 12.4. The van der Waals surface area contributed by atoms with Crippen LogP contribution >= 0.6 is 0 Å². The Hall–Kier alpha value is -1.79. The number of ether oxygens (including phenoxy) is 1. The minimum absolute atomic E-state index is 0.0187. The molecule has 0 atom stereocenters. The van der Waals surface area contributed by atoms with Gasteiger partial charge in [0.2, 0.25) is 5.88 Å². The van der Waals surface area contributed by atoms with Crippen molar-refractivity contribution in [3.8, 4) is 5.88 Å². The number of nitrogens with zero attached hydrogens (tertiary/aromatic N) is 3. The summed E-state index contributed by atoms with van der Waals surface area (Å²) in [5.74, 6) is -0.308. The topological polar surface area (TPSA) is 55.3 Å². The summed E-state index contributed by atoms with van der Waals surface area (Å²) in [6.45, 7) is 2.71.